The van der Waals surface area contributed by atoms with E-state index in [0.29, 0.717) is 11.4 Å². The van der Waals surface area contributed by atoms with Crippen LogP contribution in [0.2, 0.25) is 0 Å². The molecule has 0 aliphatic carbocycles. The van der Waals surface area contributed by atoms with Crippen molar-refractivity contribution in [1.82, 2.24) is 4.98 Å². The molecule has 152 valence electrons. The van der Waals surface area contributed by atoms with Gasteiger partial charge in [-0.25, -0.2) is 9.78 Å². The summed E-state index contributed by atoms with van der Waals surface area (Å²) >= 11 is 1.09. The van der Waals surface area contributed by atoms with Crippen molar-refractivity contribution in [2.75, 3.05) is 17.2 Å². The average molecular weight is 423 g/mol. The van der Waals surface area contributed by atoms with Crippen LogP contribution in [0.5, 0.6) is 0 Å². The molecule has 0 bridgehead atoms. The molecule has 2 aromatic carbocycles. The molecule has 0 saturated carbocycles. The molecule has 0 aliphatic rings. The topological polar surface area (TPSA) is 122 Å². The molecule has 0 aliphatic heterocycles. The molecule has 1 aromatic heterocycles. The monoisotopic (exact) mass is 423 g/mol. The van der Waals surface area contributed by atoms with Gasteiger partial charge in [-0.2, -0.15) is 10.2 Å². The van der Waals surface area contributed by atoms with E-state index in [1.54, 1.807) is 24.3 Å². The van der Waals surface area contributed by atoms with Gasteiger partial charge in [0.25, 0.3) is 5.91 Å². The molecule has 0 spiro atoms. The Hall–Kier alpha value is -3.92. The van der Waals surface area contributed by atoms with Gasteiger partial charge >= 0.3 is 5.97 Å². The summed E-state index contributed by atoms with van der Waals surface area (Å²) in [6.07, 6.45) is 0. The number of ether oxygens (including phenoxy) is 1. The number of anilines is 2. The van der Waals surface area contributed by atoms with Crippen molar-refractivity contribution < 1.29 is 19.1 Å². The van der Waals surface area contributed by atoms with E-state index in [-0.39, 0.29) is 16.7 Å². The van der Waals surface area contributed by atoms with Crippen molar-refractivity contribution in [3.05, 3.63) is 65.7 Å². The number of nitrogens with one attached hydrogen (secondary N) is 2. The average Bonchev–Trinajstić information content (AvgIpc) is 3.20. The second kappa shape index (κ2) is 10.0. The van der Waals surface area contributed by atoms with Crippen molar-refractivity contribution in [1.29, 1.82) is 0 Å². The molecule has 0 saturated heterocycles. The first kappa shape index (κ1) is 20.8. The third-order valence-electron chi connectivity index (χ3n) is 3.52. The number of rotatable bonds is 7. The number of amides is 2. The number of nitrogens with zero attached hydrogens (tertiary/aromatic N) is 3. The van der Waals surface area contributed by atoms with Gasteiger partial charge in [0.05, 0.1) is 11.4 Å². The van der Waals surface area contributed by atoms with Gasteiger partial charge in [-0.15, -0.1) is 11.3 Å². The summed E-state index contributed by atoms with van der Waals surface area (Å²) in [5.74, 6) is -1.55. The maximum absolute atomic E-state index is 12.0. The first-order valence-corrected chi connectivity index (χ1v) is 9.64. The molecule has 0 radical (unpaired) electrons. The number of azo groups is 1. The lowest BCUT2D eigenvalue weighted by atomic mass is 10.3. The molecule has 0 atom stereocenters. The molecule has 3 aromatic rings. The molecule has 30 heavy (non-hydrogen) atoms. The van der Waals surface area contributed by atoms with Crippen LogP contribution in [0.4, 0.5) is 22.2 Å². The molecule has 9 nitrogen and oxygen atoms in total. The van der Waals surface area contributed by atoms with E-state index in [1.807, 2.05) is 30.3 Å². The Bertz CT molecular complexity index is 1060. The summed E-state index contributed by atoms with van der Waals surface area (Å²) in [6, 6.07) is 16.1. The number of benzene rings is 2. The fraction of sp³-hybridized carbons (Fsp3) is 0.100. The molecular formula is C20H17N5O4S. The predicted molar refractivity (Wildman–Crippen MR) is 112 cm³/mol. The summed E-state index contributed by atoms with van der Waals surface area (Å²) in [7, 11) is 0. The third-order valence-corrected chi connectivity index (χ3v) is 4.28. The summed E-state index contributed by atoms with van der Waals surface area (Å²) in [5, 5.41) is 15.0. The minimum atomic E-state index is -0.755. The zero-order chi connectivity index (χ0) is 21.3. The van der Waals surface area contributed by atoms with Crippen LogP contribution >= 0.6 is 11.3 Å². The normalized spacial score (nSPS) is 10.6. The molecule has 2 amide bonds. The van der Waals surface area contributed by atoms with E-state index < -0.39 is 18.5 Å². The minimum Gasteiger partial charge on any atom is -0.451 e. The molecule has 10 heteroatoms. The number of thiazole rings is 1. The highest BCUT2D eigenvalue weighted by atomic mass is 32.1. The number of esters is 1. The second-order valence-electron chi connectivity index (χ2n) is 5.93. The van der Waals surface area contributed by atoms with Crippen LogP contribution < -0.4 is 10.6 Å². The van der Waals surface area contributed by atoms with Gasteiger partial charge in [0.1, 0.15) is 0 Å². The van der Waals surface area contributed by atoms with E-state index in [2.05, 4.69) is 25.8 Å². The summed E-state index contributed by atoms with van der Waals surface area (Å²) in [5.41, 5.74) is 1.91. The first-order valence-electron chi connectivity index (χ1n) is 8.76. The number of hydrogen-bond acceptors (Lipinski definition) is 8. The zero-order valence-corrected chi connectivity index (χ0v) is 16.7. The van der Waals surface area contributed by atoms with E-state index >= 15 is 0 Å². The van der Waals surface area contributed by atoms with Gasteiger partial charge in [-0.05, 0) is 36.4 Å². The number of aromatic nitrogens is 1. The minimum absolute atomic E-state index is 0.0182. The van der Waals surface area contributed by atoms with Gasteiger partial charge in [0, 0.05) is 18.0 Å². The Labute approximate surface area is 175 Å². The van der Waals surface area contributed by atoms with Gasteiger partial charge in [0.2, 0.25) is 5.91 Å². The maximum Gasteiger partial charge on any atom is 0.358 e. The number of carbonyl (C=O) groups is 3. The standard InChI is InChI=1S/C20H17N5O4S/c1-13(26)21-20-23-17(12-30-20)19(28)29-11-18(27)22-14-7-9-16(10-8-14)25-24-15-5-3-2-4-6-15/h2-10,12H,11H2,1H3,(H,22,27)(H,21,23,26). The van der Waals surface area contributed by atoms with Crippen LogP contribution in [0.1, 0.15) is 17.4 Å². The van der Waals surface area contributed by atoms with Crippen molar-refractivity contribution >= 4 is 51.3 Å². The highest BCUT2D eigenvalue weighted by Crippen LogP contribution is 2.20. The quantitative estimate of drug-likeness (QED) is 0.433. The fourth-order valence-electron chi connectivity index (χ4n) is 2.20. The summed E-state index contributed by atoms with van der Waals surface area (Å²) < 4.78 is 4.94. The molecule has 0 fully saturated rings. The molecule has 1 heterocycles. The largest absolute Gasteiger partial charge is 0.451 e. The zero-order valence-electron chi connectivity index (χ0n) is 15.9. The van der Waals surface area contributed by atoms with Crippen LogP contribution in [-0.2, 0) is 14.3 Å². The van der Waals surface area contributed by atoms with Crippen LogP contribution in [-0.4, -0.2) is 29.4 Å². The van der Waals surface area contributed by atoms with Crippen LogP contribution in [0.15, 0.2) is 70.2 Å². The van der Waals surface area contributed by atoms with Gasteiger partial charge in [0.15, 0.2) is 17.4 Å². The van der Waals surface area contributed by atoms with Crippen molar-refractivity contribution in [2.45, 2.75) is 6.92 Å². The van der Waals surface area contributed by atoms with Gasteiger partial charge in [-0.1, -0.05) is 18.2 Å². The second-order valence-corrected chi connectivity index (χ2v) is 6.78. The van der Waals surface area contributed by atoms with E-state index in [0.717, 1.165) is 17.0 Å². The van der Waals surface area contributed by atoms with E-state index in [4.69, 9.17) is 4.74 Å². The molecule has 2 N–H and O–H groups in total. The first-order chi connectivity index (χ1) is 14.5. The number of carbonyl (C=O) groups excluding carboxylic acids is 3. The van der Waals surface area contributed by atoms with E-state index in [9.17, 15) is 14.4 Å². The fourth-order valence-corrected chi connectivity index (χ4v) is 2.93. The molecular weight excluding hydrogens is 406 g/mol. The van der Waals surface area contributed by atoms with Crippen LogP contribution in [0.25, 0.3) is 0 Å². The maximum atomic E-state index is 12.0. The highest BCUT2D eigenvalue weighted by molar-refractivity contribution is 7.14. The Morgan fingerprint density at radius 1 is 0.967 bits per heavy atom. The summed E-state index contributed by atoms with van der Waals surface area (Å²) in [6.45, 7) is 0.865. The number of hydrogen-bond donors (Lipinski definition) is 2. The Morgan fingerprint density at radius 3 is 2.30 bits per heavy atom. The third kappa shape index (κ3) is 6.31. The smallest absolute Gasteiger partial charge is 0.358 e. The Balaban J connectivity index is 1.47. The molecule has 3 rings (SSSR count). The Morgan fingerprint density at radius 2 is 1.63 bits per heavy atom. The van der Waals surface area contributed by atoms with Crippen molar-refractivity contribution in [3.8, 4) is 0 Å². The van der Waals surface area contributed by atoms with Gasteiger partial charge in [-0.3, -0.25) is 9.59 Å². The Kier molecular flexibility index (Phi) is 6.95. The molecule has 0 unspecified atom stereocenters. The summed E-state index contributed by atoms with van der Waals surface area (Å²) in [4.78, 5) is 38.8. The highest BCUT2D eigenvalue weighted by Gasteiger charge is 2.14. The lowest BCUT2D eigenvalue weighted by molar-refractivity contribution is -0.119. The lowest BCUT2D eigenvalue weighted by Gasteiger charge is -2.06. The van der Waals surface area contributed by atoms with Crippen molar-refractivity contribution in [2.24, 2.45) is 10.2 Å². The van der Waals surface area contributed by atoms with Crippen LogP contribution in [0, 0.1) is 0 Å². The van der Waals surface area contributed by atoms with Gasteiger partial charge < -0.3 is 15.4 Å². The van der Waals surface area contributed by atoms with Crippen LogP contribution in [0.3, 0.4) is 0 Å². The SMILES string of the molecule is CC(=O)Nc1nc(C(=O)OCC(=O)Nc2ccc(N=Nc3ccccc3)cc2)cs1. The predicted octanol–water partition coefficient (Wildman–Crippen LogP) is 4.31. The van der Waals surface area contributed by atoms with Crippen molar-refractivity contribution in [3.63, 3.8) is 0 Å². The lowest BCUT2D eigenvalue weighted by Crippen LogP contribution is -2.21. The van der Waals surface area contributed by atoms with E-state index in [1.165, 1.54) is 12.3 Å².